The van der Waals surface area contributed by atoms with Crippen molar-refractivity contribution in [2.75, 3.05) is 6.61 Å². The molecule has 0 amide bonds. The predicted octanol–water partition coefficient (Wildman–Crippen LogP) is 2.12. The van der Waals surface area contributed by atoms with Crippen molar-refractivity contribution < 1.29 is 14.3 Å². The summed E-state index contributed by atoms with van der Waals surface area (Å²) in [6.45, 7) is 0.996. The summed E-state index contributed by atoms with van der Waals surface area (Å²) in [6.07, 6.45) is 7.97. The standard InChI is InChI=1S/C16H17N3O3/c20-14(11-21-12-15-2-1-9-22-15)10-19-8-7-18-16(19)13-3-5-17-6-4-13/h1-9,14,20H,10-12H2/t14-/m1/s1. The minimum absolute atomic E-state index is 0.231. The number of ether oxygens (including phenoxy) is 1. The summed E-state index contributed by atoms with van der Waals surface area (Å²) in [6, 6.07) is 7.42. The maximum atomic E-state index is 10.1. The number of hydrogen-bond acceptors (Lipinski definition) is 5. The van der Waals surface area contributed by atoms with E-state index in [4.69, 9.17) is 9.15 Å². The van der Waals surface area contributed by atoms with Crippen molar-refractivity contribution in [3.05, 3.63) is 61.1 Å². The van der Waals surface area contributed by atoms with Crippen molar-refractivity contribution in [3.8, 4) is 11.4 Å². The van der Waals surface area contributed by atoms with Gasteiger partial charge in [-0.2, -0.15) is 0 Å². The van der Waals surface area contributed by atoms with E-state index in [1.165, 1.54) is 0 Å². The highest BCUT2D eigenvalue weighted by Gasteiger charge is 2.11. The van der Waals surface area contributed by atoms with Gasteiger partial charge in [-0.1, -0.05) is 0 Å². The first kappa shape index (κ1) is 14.5. The van der Waals surface area contributed by atoms with Crippen molar-refractivity contribution >= 4 is 0 Å². The van der Waals surface area contributed by atoms with E-state index >= 15 is 0 Å². The van der Waals surface area contributed by atoms with Gasteiger partial charge < -0.3 is 18.8 Å². The number of furan rings is 1. The maximum Gasteiger partial charge on any atom is 0.140 e. The number of rotatable bonds is 7. The van der Waals surface area contributed by atoms with Crippen LogP contribution in [0.3, 0.4) is 0 Å². The Morgan fingerprint density at radius 1 is 1.23 bits per heavy atom. The average molecular weight is 299 g/mol. The lowest BCUT2D eigenvalue weighted by Crippen LogP contribution is -2.22. The zero-order valence-electron chi connectivity index (χ0n) is 12.0. The minimum Gasteiger partial charge on any atom is -0.467 e. The van der Waals surface area contributed by atoms with Crippen LogP contribution < -0.4 is 0 Å². The number of imidazole rings is 1. The van der Waals surface area contributed by atoms with Gasteiger partial charge in [0.05, 0.1) is 25.5 Å². The first-order chi connectivity index (χ1) is 10.8. The number of aliphatic hydroxyl groups is 1. The summed E-state index contributed by atoms with van der Waals surface area (Å²) in [5, 5.41) is 10.1. The Morgan fingerprint density at radius 2 is 2.09 bits per heavy atom. The van der Waals surface area contributed by atoms with Crippen molar-refractivity contribution in [1.82, 2.24) is 14.5 Å². The first-order valence-corrected chi connectivity index (χ1v) is 7.02. The monoisotopic (exact) mass is 299 g/mol. The van der Waals surface area contributed by atoms with Crippen LogP contribution in [0.1, 0.15) is 5.76 Å². The lowest BCUT2D eigenvalue weighted by molar-refractivity contribution is 0.0149. The number of nitrogens with zero attached hydrogens (tertiary/aromatic N) is 3. The molecule has 0 aliphatic carbocycles. The third-order valence-corrected chi connectivity index (χ3v) is 3.20. The maximum absolute atomic E-state index is 10.1. The number of hydrogen-bond donors (Lipinski definition) is 1. The lowest BCUT2D eigenvalue weighted by atomic mass is 10.2. The topological polar surface area (TPSA) is 73.3 Å². The molecule has 0 saturated heterocycles. The summed E-state index contributed by atoms with van der Waals surface area (Å²) in [4.78, 5) is 8.32. The van der Waals surface area contributed by atoms with Crippen LogP contribution in [0.25, 0.3) is 11.4 Å². The van der Waals surface area contributed by atoms with Crippen LogP contribution in [-0.4, -0.2) is 32.4 Å². The van der Waals surface area contributed by atoms with Gasteiger partial charge in [0.1, 0.15) is 18.2 Å². The van der Waals surface area contributed by atoms with Gasteiger partial charge in [-0.3, -0.25) is 4.98 Å². The van der Waals surface area contributed by atoms with Crippen molar-refractivity contribution in [1.29, 1.82) is 0 Å². The molecule has 0 saturated carbocycles. The molecule has 1 N–H and O–H groups in total. The molecule has 0 bridgehead atoms. The molecule has 3 rings (SSSR count). The van der Waals surface area contributed by atoms with Crippen molar-refractivity contribution in [3.63, 3.8) is 0 Å². The molecule has 3 aromatic heterocycles. The van der Waals surface area contributed by atoms with Crippen LogP contribution in [0, 0.1) is 0 Å². The molecule has 22 heavy (non-hydrogen) atoms. The molecule has 0 radical (unpaired) electrons. The quantitative estimate of drug-likeness (QED) is 0.723. The summed E-state index contributed by atoms with van der Waals surface area (Å²) < 4.78 is 12.5. The molecule has 3 aromatic rings. The van der Waals surface area contributed by atoms with Gasteiger partial charge in [0.2, 0.25) is 0 Å². The van der Waals surface area contributed by atoms with Gasteiger partial charge in [-0.25, -0.2) is 4.98 Å². The van der Waals surface area contributed by atoms with E-state index < -0.39 is 6.10 Å². The molecule has 114 valence electrons. The Labute approximate surface area is 128 Å². The van der Waals surface area contributed by atoms with E-state index in [0.717, 1.165) is 17.1 Å². The summed E-state index contributed by atoms with van der Waals surface area (Å²) in [5.74, 6) is 1.54. The van der Waals surface area contributed by atoms with Gasteiger partial charge in [-0.05, 0) is 24.3 Å². The van der Waals surface area contributed by atoms with E-state index in [-0.39, 0.29) is 6.61 Å². The first-order valence-electron chi connectivity index (χ1n) is 7.02. The van der Waals surface area contributed by atoms with Gasteiger partial charge in [0.25, 0.3) is 0 Å². The summed E-state index contributed by atoms with van der Waals surface area (Å²) in [7, 11) is 0. The SMILES string of the molecule is O[C@@H](COCc1ccco1)Cn1ccnc1-c1ccncc1. The zero-order valence-corrected chi connectivity index (χ0v) is 12.0. The molecule has 6 nitrogen and oxygen atoms in total. The van der Waals surface area contributed by atoms with Crippen molar-refractivity contribution in [2.24, 2.45) is 0 Å². The molecule has 6 heteroatoms. The van der Waals surface area contributed by atoms with E-state index in [1.807, 2.05) is 35.0 Å². The van der Waals surface area contributed by atoms with Crippen LogP contribution >= 0.6 is 0 Å². The second-order valence-corrected chi connectivity index (χ2v) is 4.89. The fraction of sp³-hybridized carbons (Fsp3) is 0.250. The van der Waals surface area contributed by atoms with E-state index in [2.05, 4.69) is 9.97 Å². The van der Waals surface area contributed by atoms with Crippen LogP contribution in [-0.2, 0) is 17.9 Å². The van der Waals surface area contributed by atoms with Crippen LogP contribution in [0.4, 0.5) is 0 Å². The second-order valence-electron chi connectivity index (χ2n) is 4.89. The minimum atomic E-state index is -0.621. The number of pyridine rings is 1. The molecule has 0 aromatic carbocycles. The Balaban J connectivity index is 1.56. The average Bonchev–Trinajstić information content (AvgIpc) is 3.20. The highest BCUT2D eigenvalue weighted by atomic mass is 16.5. The molecule has 0 unspecified atom stereocenters. The van der Waals surface area contributed by atoms with Crippen LogP contribution in [0.5, 0.6) is 0 Å². The summed E-state index contributed by atoms with van der Waals surface area (Å²) in [5.41, 5.74) is 0.962. The molecule has 0 aliphatic rings. The number of aliphatic hydroxyl groups excluding tert-OH is 1. The van der Waals surface area contributed by atoms with E-state index in [0.29, 0.717) is 13.2 Å². The molecule has 0 spiro atoms. The molecule has 0 aliphatic heterocycles. The van der Waals surface area contributed by atoms with Gasteiger partial charge in [0, 0.05) is 30.4 Å². The number of aromatic nitrogens is 3. The smallest absolute Gasteiger partial charge is 0.140 e. The second kappa shape index (κ2) is 7.02. The fourth-order valence-corrected chi connectivity index (χ4v) is 2.19. The van der Waals surface area contributed by atoms with Crippen molar-refractivity contribution in [2.45, 2.75) is 19.3 Å². The molecular formula is C16H17N3O3. The normalized spacial score (nSPS) is 12.4. The zero-order chi connectivity index (χ0) is 15.2. The summed E-state index contributed by atoms with van der Waals surface area (Å²) >= 11 is 0. The molecule has 0 fully saturated rings. The van der Waals surface area contributed by atoms with Crippen LogP contribution in [0.2, 0.25) is 0 Å². The molecule has 1 atom stereocenters. The Hall–Kier alpha value is -2.44. The highest BCUT2D eigenvalue weighted by molar-refractivity contribution is 5.54. The van der Waals surface area contributed by atoms with E-state index in [9.17, 15) is 5.11 Å². The third-order valence-electron chi connectivity index (χ3n) is 3.20. The third kappa shape index (κ3) is 3.60. The van der Waals surface area contributed by atoms with E-state index in [1.54, 1.807) is 24.9 Å². The Kier molecular flexibility index (Phi) is 4.62. The van der Waals surface area contributed by atoms with Gasteiger partial charge in [-0.15, -0.1) is 0 Å². The predicted molar refractivity (Wildman–Crippen MR) is 79.8 cm³/mol. The highest BCUT2D eigenvalue weighted by Crippen LogP contribution is 2.16. The molecular weight excluding hydrogens is 282 g/mol. The Morgan fingerprint density at radius 3 is 2.86 bits per heavy atom. The Bertz CT molecular complexity index is 680. The van der Waals surface area contributed by atoms with Crippen LogP contribution in [0.15, 0.2) is 59.7 Å². The van der Waals surface area contributed by atoms with Gasteiger partial charge in [0.15, 0.2) is 0 Å². The molecule has 3 heterocycles. The van der Waals surface area contributed by atoms with Gasteiger partial charge >= 0.3 is 0 Å². The lowest BCUT2D eigenvalue weighted by Gasteiger charge is -2.13. The fourth-order valence-electron chi connectivity index (χ4n) is 2.19. The largest absolute Gasteiger partial charge is 0.467 e.